The minimum atomic E-state index is 0. The Morgan fingerprint density at radius 2 is 1.00 bits per heavy atom. The van der Waals surface area contributed by atoms with Crippen LogP contribution in [-0.4, -0.2) is 64.7 Å². The van der Waals surface area contributed by atoms with Crippen LogP contribution in [0.5, 0.6) is 0 Å². The Balaban J connectivity index is 0. The first kappa shape index (κ1) is 54.7. The van der Waals surface area contributed by atoms with Gasteiger partial charge in [0.15, 0.2) is 0 Å². The fourth-order valence-corrected chi connectivity index (χ4v) is 0. The molecule has 21 valence electrons. The number of rotatable bonds is 0. The van der Waals surface area contributed by atoms with Gasteiger partial charge in [-0.3, -0.25) is 0 Å². The van der Waals surface area contributed by atoms with E-state index in [1.807, 2.05) is 0 Å². The van der Waals surface area contributed by atoms with Crippen molar-refractivity contribution in [2.45, 2.75) is 0 Å². The van der Waals surface area contributed by atoms with Gasteiger partial charge in [0.05, 0.1) is 0 Å². The summed E-state index contributed by atoms with van der Waals surface area (Å²) in [6.45, 7) is 0. The zero-order valence-corrected chi connectivity index (χ0v) is 18.8. The average Bonchev–Trinajstić information content (AvgIpc) is 0. The third kappa shape index (κ3) is 25.5. The van der Waals surface area contributed by atoms with E-state index in [2.05, 4.69) is 0 Å². The third-order valence-corrected chi connectivity index (χ3v) is 0. The molecule has 0 aliphatic heterocycles. The molecule has 6 heteroatoms. The SMILES string of the molecule is [Cd].[Ga].[Ge].[O-2].[Pb+2].[Zn]. The van der Waals surface area contributed by atoms with E-state index in [4.69, 9.17) is 0 Å². The Hall–Kier alpha value is 3.61. The Kier molecular flexibility index (Phi) is 349. The molecule has 6 heavy (non-hydrogen) atoms. The fourth-order valence-electron chi connectivity index (χ4n) is 0. The molecule has 0 fully saturated rings. The molecule has 0 unspecified atom stereocenters. The summed E-state index contributed by atoms with van der Waals surface area (Å²) in [6.07, 6.45) is 0. The van der Waals surface area contributed by atoms with Gasteiger partial charge < -0.3 is 5.48 Å². The van der Waals surface area contributed by atoms with Crippen molar-refractivity contribution in [1.82, 2.24) is 0 Å². The van der Waals surface area contributed by atoms with E-state index in [1.54, 1.807) is 0 Å². The summed E-state index contributed by atoms with van der Waals surface area (Å²) in [6, 6.07) is 0. The van der Waals surface area contributed by atoms with E-state index < -0.39 is 0 Å². The molecule has 0 aromatic heterocycles. The number of hydrogen-bond donors (Lipinski definition) is 0. The van der Waals surface area contributed by atoms with Crippen LogP contribution in [0.3, 0.4) is 0 Å². The van der Waals surface area contributed by atoms with Crippen molar-refractivity contribution < 1.29 is 52.3 Å². The van der Waals surface area contributed by atoms with E-state index in [-0.39, 0.29) is 117 Å². The Morgan fingerprint density at radius 3 is 1.00 bits per heavy atom. The van der Waals surface area contributed by atoms with Gasteiger partial charge in [-0.2, -0.15) is 0 Å². The minimum Gasteiger partial charge on any atom is -2.00 e. The summed E-state index contributed by atoms with van der Waals surface area (Å²) in [5, 5.41) is 0. The van der Waals surface area contributed by atoms with Crippen molar-refractivity contribution in [2.75, 3.05) is 0 Å². The molecule has 9 radical (unpaired) electrons. The van der Waals surface area contributed by atoms with E-state index in [0.29, 0.717) is 0 Å². The fraction of sp³-hybridized carbons (Fsp3) is 0. The van der Waals surface area contributed by atoms with Crippen LogP contribution in [0.2, 0.25) is 0 Å². The molecule has 0 saturated heterocycles. The van der Waals surface area contributed by atoms with Crippen molar-refractivity contribution in [2.24, 2.45) is 0 Å². The van der Waals surface area contributed by atoms with Gasteiger partial charge >= 0.3 is 27.3 Å². The zero-order chi connectivity index (χ0) is 0. The van der Waals surface area contributed by atoms with Crippen molar-refractivity contribution >= 4 is 64.7 Å². The number of hydrogen-bond acceptors (Lipinski definition) is 0. The van der Waals surface area contributed by atoms with E-state index >= 15 is 0 Å². The summed E-state index contributed by atoms with van der Waals surface area (Å²) in [5.41, 5.74) is 0. The smallest absolute Gasteiger partial charge is 2.00 e. The summed E-state index contributed by atoms with van der Waals surface area (Å²) in [5.74, 6) is 0. The molecular formula is CdGaGeOPbZn. The minimum absolute atomic E-state index is 0. The Morgan fingerprint density at radius 1 is 1.00 bits per heavy atom. The van der Waals surface area contributed by atoms with E-state index in [1.165, 1.54) is 0 Å². The third-order valence-electron chi connectivity index (χ3n) is 0. The van der Waals surface area contributed by atoms with Gasteiger partial charge in [0.25, 0.3) is 0 Å². The predicted molar refractivity (Wildman–Crippen MR) is 17.9 cm³/mol. The van der Waals surface area contributed by atoms with Crippen LogP contribution in [0.4, 0.5) is 0 Å². The quantitative estimate of drug-likeness (QED) is 0.342. The monoisotopic (exact) mass is 545 g/mol. The van der Waals surface area contributed by atoms with Gasteiger partial charge in [-0.15, -0.1) is 0 Å². The van der Waals surface area contributed by atoms with Crippen molar-refractivity contribution in [3.8, 4) is 0 Å². The van der Waals surface area contributed by atoms with Crippen LogP contribution >= 0.6 is 0 Å². The Labute approximate surface area is 115 Å². The molecule has 0 heterocycles. The second kappa shape index (κ2) is 38.3. The van der Waals surface area contributed by atoms with Crippen LogP contribution < -0.4 is 0 Å². The summed E-state index contributed by atoms with van der Waals surface area (Å²) >= 11 is 0. The van der Waals surface area contributed by atoms with Crippen LogP contribution in [-0.2, 0) is 52.3 Å². The summed E-state index contributed by atoms with van der Waals surface area (Å²) in [7, 11) is 0. The topological polar surface area (TPSA) is 28.5 Å². The molecule has 0 atom stereocenters. The standard InChI is InChI=1S/Cd.Ga.Ge.O.Pb.Zn/q;;;-2;+2;. The maximum absolute atomic E-state index is 0. The van der Waals surface area contributed by atoms with Crippen LogP contribution in [0, 0.1) is 0 Å². The first-order valence-electron chi connectivity index (χ1n) is 0. The predicted octanol–water partition coefficient (Wildman–Crippen LogP) is -1.27. The molecule has 0 bridgehead atoms. The normalized spacial score (nSPS) is 0. The molecule has 0 N–H and O–H groups in total. The van der Waals surface area contributed by atoms with Crippen molar-refractivity contribution in [1.29, 1.82) is 0 Å². The molecule has 0 aliphatic rings. The van der Waals surface area contributed by atoms with Gasteiger partial charge in [-0.1, -0.05) is 0 Å². The van der Waals surface area contributed by atoms with Gasteiger partial charge in [0.2, 0.25) is 0 Å². The zero-order valence-electron chi connectivity index (χ0n) is 3.40. The first-order chi connectivity index (χ1) is 0. The van der Waals surface area contributed by atoms with Crippen molar-refractivity contribution in [3.63, 3.8) is 0 Å². The van der Waals surface area contributed by atoms with Crippen molar-refractivity contribution in [3.05, 3.63) is 0 Å². The van der Waals surface area contributed by atoms with E-state index in [9.17, 15) is 0 Å². The average molecular weight is 543 g/mol. The second-order valence-corrected chi connectivity index (χ2v) is 0. The molecule has 0 aromatic carbocycles. The van der Waals surface area contributed by atoms with Crippen LogP contribution in [0.15, 0.2) is 0 Å². The Bertz CT molecular complexity index is 15.5. The molecule has 0 aromatic rings. The second-order valence-electron chi connectivity index (χ2n) is 0. The van der Waals surface area contributed by atoms with Crippen LogP contribution in [0.25, 0.3) is 0 Å². The maximum atomic E-state index is 0. The molecule has 0 amide bonds. The maximum Gasteiger partial charge on any atom is 2.00 e. The van der Waals surface area contributed by atoms with Gasteiger partial charge in [0.1, 0.15) is 0 Å². The van der Waals surface area contributed by atoms with E-state index in [0.717, 1.165) is 0 Å². The summed E-state index contributed by atoms with van der Waals surface area (Å²) in [4.78, 5) is 0. The molecule has 0 saturated carbocycles. The van der Waals surface area contributed by atoms with Crippen LogP contribution in [0.1, 0.15) is 0 Å². The first-order valence-corrected chi connectivity index (χ1v) is 0. The molecular weight excluding hydrogens is 543 g/mol. The van der Waals surface area contributed by atoms with Gasteiger partial charge in [0, 0.05) is 84.2 Å². The largest absolute Gasteiger partial charge is 2.00 e. The molecule has 0 spiro atoms. The van der Waals surface area contributed by atoms with Gasteiger partial charge in [-0.05, 0) is 0 Å². The molecule has 1 nitrogen and oxygen atoms in total. The summed E-state index contributed by atoms with van der Waals surface area (Å²) < 4.78 is 0. The van der Waals surface area contributed by atoms with Gasteiger partial charge in [-0.25, -0.2) is 0 Å². The molecule has 0 rings (SSSR count). The molecule has 0 aliphatic carbocycles.